The van der Waals surface area contributed by atoms with E-state index in [2.05, 4.69) is 31.2 Å². The molecule has 1 unspecified atom stereocenters. The third-order valence-electron chi connectivity index (χ3n) is 6.99. The number of Topliss-reactive ketones (excluding diaryl/α,β-unsaturated/α-hetero) is 1. The number of rotatable bonds is 12. The minimum Gasteiger partial charge on any atom is -0.479 e. The summed E-state index contributed by atoms with van der Waals surface area (Å²) in [5.41, 5.74) is 0.814. The lowest BCUT2D eigenvalue weighted by Gasteiger charge is -2.25. The fourth-order valence-corrected chi connectivity index (χ4v) is 4.84. The summed E-state index contributed by atoms with van der Waals surface area (Å²) in [5.74, 6) is -11.6. The molecule has 1 N–H and O–H groups in total. The van der Waals surface area contributed by atoms with E-state index in [0.29, 0.717) is 12.1 Å². The lowest BCUT2D eigenvalue weighted by molar-refractivity contribution is -0.156. The Balaban J connectivity index is 1.89. The molecule has 1 aromatic heterocycles. The van der Waals surface area contributed by atoms with Crippen LogP contribution in [0.3, 0.4) is 0 Å². The van der Waals surface area contributed by atoms with Gasteiger partial charge in [0.15, 0.2) is 23.2 Å². The molecule has 0 aliphatic carbocycles. The average Bonchev–Trinajstić information content (AvgIpc) is 2.96. The highest BCUT2D eigenvalue weighted by atomic mass is 19.2. The second kappa shape index (κ2) is 14.9. The first kappa shape index (κ1) is 36.9. The first-order valence-electron chi connectivity index (χ1n) is 15.0. The molecule has 3 rings (SSSR count). The maximum atomic E-state index is 14.1. The molecular weight excluding hydrogens is 622 g/mol. The Morgan fingerprint density at radius 3 is 2.13 bits per heavy atom. The summed E-state index contributed by atoms with van der Waals surface area (Å²) in [7, 11) is 0. The van der Waals surface area contributed by atoms with Gasteiger partial charge in [-0.3, -0.25) is 19.2 Å². The Bertz CT molecular complexity index is 1670. The number of ketones is 1. The number of carbonyl (C=O) groups is 3. The van der Waals surface area contributed by atoms with Crippen LogP contribution in [-0.2, 0) is 31.0 Å². The van der Waals surface area contributed by atoms with E-state index >= 15 is 0 Å². The summed E-state index contributed by atoms with van der Waals surface area (Å²) in [6.45, 7) is 11.4. The molecule has 0 aliphatic heterocycles. The van der Waals surface area contributed by atoms with Crippen molar-refractivity contribution in [3.05, 3.63) is 92.9 Å². The van der Waals surface area contributed by atoms with Crippen LogP contribution >= 0.6 is 0 Å². The molecule has 254 valence electrons. The van der Waals surface area contributed by atoms with E-state index in [4.69, 9.17) is 9.47 Å². The van der Waals surface area contributed by atoms with Gasteiger partial charge in [0, 0.05) is 18.6 Å². The van der Waals surface area contributed by atoms with Crippen LogP contribution in [0.25, 0.3) is 0 Å². The summed E-state index contributed by atoms with van der Waals surface area (Å²) in [6, 6.07) is 7.68. The smallest absolute Gasteiger partial charge is 0.308 e. The monoisotopic (exact) mass is 661 g/mol. The third-order valence-corrected chi connectivity index (χ3v) is 6.99. The molecule has 0 bridgehead atoms. The number of halogens is 4. The maximum absolute atomic E-state index is 14.1. The first-order chi connectivity index (χ1) is 21.8. The lowest BCUT2D eigenvalue weighted by Crippen LogP contribution is -2.48. The van der Waals surface area contributed by atoms with Gasteiger partial charge in [0.25, 0.3) is 5.56 Å². The van der Waals surface area contributed by atoms with Gasteiger partial charge in [-0.1, -0.05) is 52.0 Å². The van der Waals surface area contributed by atoms with Crippen LogP contribution in [0.1, 0.15) is 84.2 Å². The van der Waals surface area contributed by atoms with Crippen molar-refractivity contribution in [3.63, 3.8) is 0 Å². The van der Waals surface area contributed by atoms with Crippen molar-refractivity contribution >= 4 is 17.7 Å². The van der Waals surface area contributed by atoms with Crippen molar-refractivity contribution in [1.82, 2.24) is 15.1 Å². The topological polar surface area (TPSA) is 117 Å². The van der Waals surface area contributed by atoms with E-state index in [0.717, 1.165) is 15.8 Å². The van der Waals surface area contributed by atoms with Crippen LogP contribution in [0.15, 0.2) is 47.3 Å². The predicted octanol–water partition coefficient (Wildman–Crippen LogP) is 5.50. The Kier molecular flexibility index (Phi) is 11.7. The summed E-state index contributed by atoms with van der Waals surface area (Å²) in [6.07, 6.45) is -0.323. The fourth-order valence-electron chi connectivity index (χ4n) is 4.84. The van der Waals surface area contributed by atoms with Gasteiger partial charge in [-0.05, 0) is 49.8 Å². The zero-order valence-corrected chi connectivity index (χ0v) is 27.4. The van der Waals surface area contributed by atoms with Crippen molar-refractivity contribution in [2.24, 2.45) is 0 Å². The standard InChI is InChI=1S/C34H39F4N3O6/c1-8-25(41-27(43)14-13-20(40-41)15-19-11-9-10-12-21(19)33(2,3)4)32(45)39-24(17-28(44)47-34(5,6)7)26(42)18-46-31-29(37)22(35)16-23(36)30(31)38/h9-14,16,24-25H,8,15,17-18H2,1-7H3,(H,39,45)/t24-,25?/m0/s1. The minimum absolute atomic E-state index is 0.0237. The number of nitrogens with one attached hydrogen (secondary N) is 1. The molecular formula is C34H39F4N3O6. The lowest BCUT2D eigenvalue weighted by atomic mass is 9.82. The van der Waals surface area contributed by atoms with Gasteiger partial charge in [-0.25, -0.2) is 13.5 Å². The van der Waals surface area contributed by atoms with E-state index in [1.54, 1.807) is 33.8 Å². The number of hydrogen-bond donors (Lipinski definition) is 1. The quantitative estimate of drug-likeness (QED) is 0.155. The van der Waals surface area contributed by atoms with Gasteiger partial charge >= 0.3 is 5.97 Å². The molecule has 0 fully saturated rings. The molecule has 47 heavy (non-hydrogen) atoms. The molecule has 1 heterocycles. The Morgan fingerprint density at radius 1 is 0.936 bits per heavy atom. The van der Waals surface area contributed by atoms with Gasteiger partial charge in [0.2, 0.25) is 17.5 Å². The van der Waals surface area contributed by atoms with Crippen molar-refractivity contribution in [1.29, 1.82) is 0 Å². The zero-order valence-electron chi connectivity index (χ0n) is 27.4. The van der Waals surface area contributed by atoms with E-state index in [-0.39, 0.29) is 17.9 Å². The molecule has 9 nitrogen and oxygen atoms in total. The molecule has 2 aromatic carbocycles. The summed E-state index contributed by atoms with van der Waals surface area (Å²) in [5, 5.41) is 6.84. The highest BCUT2D eigenvalue weighted by Crippen LogP contribution is 2.28. The summed E-state index contributed by atoms with van der Waals surface area (Å²) in [4.78, 5) is 52.3. The van der Waals surface area contributed by atoms with Crippen LogP contribution in [0.5, 0.6) is 5.75 Å². The fraction of sp³-hybridized carbons (Fsp3) is 0.441. The van der Waals surface area contributed by atoms with Crippen molar-refractivity contribution in [2.45, 2.75) is 90.8 Å². The molecule has 3 aromatic rings. The second-order valence-electron chi connectivity index (χ2n) is 13.0. The number of aromatic nitrogens is 2. The van der Waals surface area contributed by atoms with Crippen molar-refractivity contribution in [3.8, 4) is 5.75 Å². The third kappa shape index (κ3) is 9.72. The molecule has 0 radical (unpaired) electrons. The van der Waals surface area contributed by atoms with Crippen LogP contribution in [0.4, 0.5) is 17.6 Å². The highest BCUT2D eigenvalue weighted by molar-refractivity contribution is 5.94. The number of ether oxygens (including phenoxy) is 2. The van der Waals surface area contributed by atoms with E-state index in [1.807, 2.05) is 24.3 Å². The van der Waals surface area contributed by atoms with Crippen LogP contribution < -0.4 is 15.6 Å². The van der Waals surface area contributed by atoms with E-state index in [9.17, 15) is 36.7 Å². The van der Waals surface area contributed by atoms with Crippen molar-refractivity contribution in [2.75, 3.05) is 6.61 Å². The normalized spacial score (nSPS) is 13.1. The maximum Gasteiger partial charge on any atom is 0.308 e. The molecule has 2 atom stereocenters. The number of esters is 1. The summed E-state index contributed by atoms with van der Waals surface area (Å²) >= 11 is 0. The SMILES string of the molecule is CCC(C(=O)N[C@@H](CC(=O)OC(C)(C)C)C(=O)COc1c(F)c(F)cc(F)c1F)n1nc(Cc2ccccc2C(C)(C)C)ccc1=O. The Morgan fingerprint density at radius 2 is 1.55 bits per heavy atom. The van der Waals surface area contributed by atoms with E-state index in [1.165, 1.54) is 6.07 Å². The molecule has 0 saturated heterocycles. The summed E-state index contributed by atoms with van der Waals surface area (Å²) < 4.78 is 66.6. The molecule has 13 heteroatoms. The Labute approximate surface area is 270 Å². The number of amides is 1. The van der Waals surface area contributed by atoms with E-state index < -0.39 is 82.9 Å². The minimum atomic E-state index is -1.87. The van der Waals surface area contributed by atoms with Gasteiger partial charge in [0.1, 0.15) is 24.3 Å². The molecule has 0 aliphatic rings. The van der Waals surface area contributed by atoms with Gasteiger partial charge < -0.3 is 14.8 Å². The van der Waals surface area contributed by atoms with Gasteiger partial charge in [-0.15, -0.1) is 0 Å². The van der Waals surface area contributed by atoms with Crippen LogP contribution in [0.2, 0.25) is 0 Å². The highest BCUT2D eigenvalue weighted by Gasteiger charge is 2.32. The average molecular weight is 662 g/mol. The van der Waals surface area contributed by atoms with Crippen molar-refractivity contribution < 1.29 is 41.4 Å². The number of benzene rings is 2. The predicted molar refractivity (Wildman–Crippen MR) is 165 cm³/mol. The van der Waals surface area contributed by atoms with Gasteiger partial charge in [-0.2, -0.15) is 13.9 Å². The number of nitrogens with zero attached hydrogens (tertiary/aromatic N) is 2. The zero-order chi connectivity index (χ0) is 35.3. The molecule has 0 spiro atoms. The Hall–Kier alpha value is -4.55. The van der Waals surface area contributed by atoms with Gasteiger partial charge in [0.05, 0.1) is 12.1 Å². The largest absolute Gasteiger partial charge is 0.479 e. The van der Waals surface area contributed by atoms with Crippen LogP contribution in [0, 0.1) is 23.3 Å². The molecule has 1 amide bonds. The number of hydrogen-bond acceptors (Lipinski definition) is 7. The molecule has 0 saturated carbocycles. The second-order valence-corrected chi connectivity index (χ2v) is 13.0. The van der Waals surface area contributed by atoms with Crippen LogP contribution in [-0.4, -0.2) is 45.7 Å². The number of carbonyl (C=O) groups excluding carboxylic acids is 3. The first-order valence-corrected chi connectivity index (χ1v) is 15.0.